The Labute approximate surface area is 118 Å². The summed E-state index contributed by atoms with van der Waals surface area (Å²) in [6.07, 6.45) is -4.51. The average Bonchev–Trinajstić information content (AvgIpc) is 2.24. The van der Waals surface area contributed by atoms with E-state index in [1.807, 2.05) is 11.8 Å². The van der Waals surface area contributed by atoms with Gasteiger partial charge in [-0.2, -0.15) is 13.2 Å². The molecular formula is C14H25F3N2O. The molecule has 1 fully saturated rings. The topological polar surface area (TPSA) is 32.3 Å². The molecule has 0 bridgehead atoms. The highest BCUT2D eigenvalue weighted by molar-refractivity contribution is 5.81. The number of nitrogens with zero attached hydrogens (tertiary/aromatic N) is 1. The Morgan fingerprint density at radius 1 is 1.25 bits per heavy atom. The lowest BCUT2D eigenvalue weighted by atomic mass is 9.89. The zero-order valence-electron chi connectivity index (χ0n) is 12.7. The third kappa shape index (κ3) is 5.69. The van der Waals surface area contributed by atoms with Gasteiger partial charge in [-0.05, 0) is 18.9 Å². The third-order valence-electron chi connectivity index (χ3n) is 3.60. The summed E-state index contributed by atoms with van der Waals surface area (Å²) in [5.41, 5.74) is -0.520. The van der Waals surface area contributed by atoms with Crippen LogP contribution < -0.4 is 5.32 Å². The average molecular weight is 294 g/mol. The molecule has 0 aliphatic carbocycles. The summed E-state index contributed by atoms with van der Waals surface area (Å²) in [4.78, 5) is 13.9. The van der Waals surface area contributed by atoms with Gasteiger partial charge in [0.15, 0.2) is 0 Å². The number of likely N-dealkylation sites (tertiary alicyclic amines) is 1. The standard InChI is InChI=1S/C14H25F3N2O/c1-5-19-8-10(7-14(15,16)17)6-11(9-19)18-12(20)13(2,3)4/h10-11H,5-9H2,1-4H3,(H,18,20). The van der Waals surface area contributed by atoms with Crippen molar-refractivity contribution in [2.75, 3.05) is 19.6 Å². The smallest absolute Gasteiger partial charge is 0.352 e. The highest BCUT2D eigenvalue weighted by atomic mass is 19.4. The van der Waals surface area contributed by atoms with Gasteiger partial charge in [-0.1, -0.05) is 27.7 Å². The minimum absolute atomic E-state index is 0.105. The molecule has 1 saturated heterocycles. The minimum Gasteiger partial charge on any atom is -0.352 e. The molecule has 6 heteroatoms. The van der Waals surface area contributed by atoms with E-state index < -0.39 is 23.9 Å². The Kier molecular flexibility index (Phi) is 5.46. The van der Waals surface area contributed by atoms with Crippen LogP contribution in [0.15, 0.2) is 0 Å². The highest BCUT2D eigenvalue weighted by Gasteiger charge is 2.37. The van der Waals surface area contributed by atoms with Crippen LogP contribution >= 0.6 is 0 Å². The second-order valence-corrected chi connectivity index (χ2v) is 6.69. The summed E-state index contributed by atoms with van der Waals surface area (Å²) < 4.78 is 37.6. The van der Waals surface area contributed by atoms with Crippen LogP contribution in [-0.2, 0) is 4.79 Å². The van der Waals surface area contributed by atoms with Gasteiger partial charge in [0.25, 0.3) is 0 Å². The fourth-order valence-electron chi connectivity index (χ4n) is 2.54. The van der Waals surface area contributed by atoms with Crippen molar-refractivity contribution in [2.45, 2.75) is 52.8 Å². The number of piperidine rings is 1. The third-order valence-corrected chi connectivity index (χ3v) is 3.60. The fourth-order valence-corrected chi connectivity index (χ4v) is 2.54. The van der Waals surface area contributed by atoms with E-state index >= 15 is 0 Å². The first kappa shape index (κ1) is 17.3. The quantitative estimate of drug-likeness (QED) is 0.868. The number of nitrogens with one attached hydrogen (secondary N) is 1. The van der Waals surface area contributed by atoms with Gasteiger partial charge in [0.1, 0.15) is 0 Å². The molecule has 20 heavy (non-hydrogen) atoms. The van der Waals surface area contributed by atoms with Gasteiger partial charge >= 0.3 is 6.18 Å². The van der Waals surface area contributed by atoms with Crippen molar-refractivity contribution >= 4 is 5.91 Å². The maximum absolute atomic E-state index is 12.5. The molecule has 1 heterocycles. The van der Waals surface area contributed by atoms with Crippen molar-refractivity contribution in [2.24, 2.45) is 11.3 Å². The number of rotatable bonds is 3. The van der Waals surface area contributed by atoms with Crippen LogP contribution in [-0.4, -0.2) is 42.7 Å². The molecule has 0 spiro atoms. The van der Waals surface area contributed by atoms with Gasteiger partial charge in [-0.25, -0.2) is 0 Å². The molecule has 0 saturated carbocycles. The summed E-state index contributed by atoms with van der Waals surface area (Å²) in [5.74, 6) is -0.541. The van der Waals surface area contributed by atoms with Crippen LogP contribution in [0.4, 0.5) is 13.2 Å². The Morgan fingerprint density at radius 3 is 2.30 bits per heavy atom. The van der Waals surface area contributed by atoms with Crippen molar-refractivity contribution in [3.63, 3.8) is 0 Å². The van der Waals surface area contributed by atoms with E-state index in [-0.39, 0.29) is 11.9 Å². The maximum atomic E-state index is 12.5. The van der Waals surface area contributed by atoms with Crippen LogP contribution in [0.5, 0.6) is 0 Å². The summed E-state index contributed by atoms with van der Waals surface area (Å²) in [5, 5.41) is 2.89. The number of hydrogen-bond acceptors (Lipinski definition) is 2. The van der Waals surface area contributed by atoms with E-state index in [1.165, 1.54) is 0 Å². The van der Waals surface area contributed by atoms with E-state index in [0.717, 1.165) is 0 Å². The SMILES string of the molecule is CCN1CC(CC(F)(F)F)CC(NC(=O)C(C)(C)C)C1. The van der Waals surface area contributed by atoms with Crippen molar-refractivity contribution in [1.29, 1.82) is 0 Å². The van der Waals surface area contributed by atoms with Crippen molar-refractivity contribution < 1.29 is 18.0 Å². The van der Waals surface area contributed by atoms with Crippen molar-refractivity contribution in [3.8, 4) is 0 Å². The number of hydrogen-bond donors (Lipinski definition) is 1. The summed E-state index contributed by atoms with van der Waals surface area (Å²) >= 11 is 0. The lowest BCUT2D eigenvalue weighted by Gasteiger charge is -2.38. The molecule has 1 aliphatic heterocycles. The van der Waals surface area contributed by atoms with E-state index in [0.29, 0.717) is 26.1 Å². The van der Waals surface area contributed by atoms with Gasteiger partial charge < -0.3 is 10.2 Å². The molecule has 3 nitrogen and oxygen atoms in total. The molecule has 2 unspecified atom stereocenters. The lowest BCUT2D eigenvalue weighted by Crippen LogP contribution is -2.53. The number of halogens is 3. The first-order valence-corrected chi connectivity index (χ1v) is 7.11. The van der Waals surface area contributed by atoms with E-state index in [4.69, 9.17) is 0 Å². The Balaban J connectivity index is 2.65. The number of likely N-dealkylation sites (N-methyl/N-ethyl adjacent to an activating group) is 1. The Hall–Kier alpha value is -0.780. The lowest BCUT2D eigenvalue weighted by molar-refractivity contribution is -0.149. The van der Waals surface area contributed by atoms with E-state index in [2.05, 4.69) is 5.32 Å². The van der Waals surface area contributed by atoms with Crippen LogP contribution in [0.1, 0.15) is 40.5 Å². The zero-order chi connectivity index (χ0) is 15.6. The first-order valence-electron chi connectivity index (χ1n) is 7.11. The minimum atomic E-state index is -4.14. The molecule has 1 rings (SSSR count). The Bertz CT molecular complexity index is 336. The van der Waals surface area contributed by atoms with Gasteiger partial charge in [0, 0.05) is 31.0 Å². The summed E-state index contributed by atoms with van der Waals surface area (Å²) in [6.45, 7) is 9.13. The highest BCUT2D eigenvalue weighted by Crippen LogP contribution is 2.30. The largest absolute Gasteiger partial charge is 0.389 e. The van der Waals surface area contributed by atoms with Gasteiger partial charge in [0.05, 0.1) is 0 Å². The number of carbonyl (C=O) groups is 1. The molecule has 0 aromatic carbocycles. The molecule has 0 aromatic rings. The van der Waals surface area contributed by atoms with Gasteiger partial charge in [0.2, 0.25) is 5.91 Å². The zero-order valence-corrected chi connectivity index (χ0v) is 12.7. The maximum Gasteiger partial charge on any atom is 0.389 e. The normalized spacial score (nSPS) is 25.6. The van der Waals surface area contributed by atoms with Crippen LogP contribution in [0, 0.1) is 11.3 Å². The van der Waals surface area contributed by atoms with Crippen LogP contribution in [0.25, 0.3) is 0 Å². The number of carbonyl (C=O) groups excluding carboxylic acids is 1. The second-order valence-electron chi connectivity index (χ2n) is 6.69. The summed E-state index contributed by atoms with van der Waals surface area (Å²) in [7, 11) is 0. The summed E-state index contributed by atoms with van der Waals surface area (Å²) in [6, 6.07) is -0.192. The number of alkyl halides is 3. The van der Waals surface area contributed by atoms with Crippen molar-refractivity contribution in [1.82, 2.24) is 10.2 Å². The predicted molar refractivity (Wildman–Crippen MR) is 72.3 cm³/mol. The van der Waals surface area contributed by atoms with Gasteiger partial charge in [-0.15, -0.1) is 0 Å². The van der Waals surface area contributed by atoms with Crippen LogP contribution in [0.3, 0.4) is 0 Å². The molecular weight excluding hydrogens is 269 g/mol. The first-order chi connectivity index (χ1) is 9.01. The molecule has 2 atom stereocenters. The van der Waals surface area contributed by atoms with E-state index in [9.17, 15) is 18.0 Å². The Morgan fingerprint density at radius 2 is 1.85 bits per heavy atom. The molecule has 1 amide bonds. The fraction of sp³-hybridized carbons (Fsp3) is 0.929. The molecule has 1 aliphatic rings. The monoisotopic (exact) mass is 294 g/mol. The van der Waals surface area contributed by atoms with Crippen molar-refractivity contribution in [3.05, 3.63) is 0 Å². The molecule has 118 valence electrons. The van der Waals surface area contributed by atoms with E-state index in [1.54, 1.807) is 20.8 Å². The van der Waals surface area contributed by atoms with Crippen LogP contribution in [0.2, 0.25) is 0 Å². The number of amides is 1. The molecule has 1 N–H and O–H groups in total. The molecule has 0 radical (unpaired) electrons. The van der Waals surface area contributed by atoms with Gasteiger partial charge in [-0.3, -0.25) is 4.79 Å². The second kappa shape index (κ2) is 6.33. The predicted octanol–water partition coefficient (Wildman–Crippen LogP) is 2.81. The molecule has 0 aromatic heterocycles.